The van der Waals surface area contributed by atoms with Crippen LogP contribution in [-0.2, 0) is 6.54 Å². The number of urea groups is 1. The van der Waals surface area contributed by atoms with Gasteiger partial charge in [0.15, 0.2) is 0 Å². The van der Waals surface area contributed by atoms with Crippen molar-refractivity contribution in [2.45, 2.75) is 13.5 Å². The number of nitrogens with zero attached hydrogens (tertiary/aromatic N) is 3. The number of phenols is 1. The Morgan fingerprint density at radius 2 is 1.77 bits per heavy atom. The minimum absolute atomic E-state index is 0.0374. The second-order valence-electron chi connectivity index (χ2n) is 7.37. The largest absolute Gasteiger partial charge is 0.508 e. The van der Waals surface area contributed by atoms with Gasteiger partial charge in [0.2, 0.25) is 0 Å². The third kappa shape index (κ3) is 5.26. The predicted molar refractivity (Wildman–Crippen MR) is 134 cm³/mol. The van der Waals surface area contributed by atoms with Crippen molar-refractivity contribution >= 4 is 40.6 Å². The first-order chi connectivity index (χ1) is 16.8. The van der Waals surface area contributed by atoms with E-state index in [-0.39, 0.29) is 39.3 Å². The summed E-state index contributed by atoms with van der Waals surface area (Å²) in [6, 6.07) is 11.2. The number of nitrogens with one attached hydrogen (secondary N) is 2. The molecule has 11 heteroatoms. The third-order valence-electron chi connectivity index (χ3n) is 5.03. The van der Waals surface area contributed by atoms with Crippen LogP contribution in [0.15, 0.2) is 65.7 Å². The molecule has 0 bridgehead atoms. The second-order valence-corrected chi connectivity index (χ2v) is 8.18. The number of aryl methyl sites for hydroxylation is 1. The molecule has 0 atom stereocenters. The number of anilines is 2. The molecule has 2 aromatic carbocycles. The number of hydrogen-bond donors (Lipinski definition) is 3. The van der Waals surface area contributed by atoms with E-state index in [0.717, 1.165) is 0 Å². The molecule has 2 aromatic heterocycles. The van der Waals surface area contributed by atoms with Crippen molar-refractivity contribution in [1.29, 1.82) is 0 Å². The maximum atomic E-state index is 14.4. The molecule has 178 valence electrons. The first-order valence-electron chi connectivity index (χ1n) is 10.3. The molecule has 4 aromatic rings. The molecule has 8 nitrogen and oxygen atoms in total. The Kier molecular flexibility index (Phi) is 6.99. The minimum Gasteiger partial charge on any atom is -0.508 e. The number of phenolic OH excluding ortho intramolecular Hbond substituents is 1. The molecule has 0 fully saturated rings. The highest BCUT2D eigenvalue weighted by Gasteiger charge is 2.15. The molecule has 3 N–H and O–H groups in total. The van der Waals surface area contributed by atoms with Gasteiger partial charge in [-0.1, -0.05) is 41.4 Å². The highest BCUT2D eigenvalue weighted by Crippen LogP contribution is 2.31. The summed E-state index contributed by atoms with van der Waals surface area (Å²) in [7, 11) is 0. The SMILES string of the molecule is CCn1nc(-c2cccc(-c3cc(O)ccc3F)c2)cc(NC(=O)Nc2c(Cl)cncc2Cl)c1=O. The number of aromatic nitrogens is 3. The molecule has 2 heterocycles. The summed E-state index contributed by atoms with van der Waals surface area (Å²) < 4.78 is 15.5. The molecule has 0 saturated heterocycles. The van der Waals surface area contributed by atoms with Gasteiger partial charge in [-0.3, -0.25) is 9.78 Å². The number of carbonyl (C=O) groups is 1. The summed E-state index contributed by atoms with van der Waals surface area (Å²) in [4.78, 5) is 29.2. The summed E-state index contributed by atoms with van der Waals surface area (Å²) in [5, 5.41) is 19.4. The standard InChI is InChI=1S/C24H18Cl2FN5O3/c1-2-32-23(34)21(29-24(35)30-22-17(25)11-28-12-18(22)26)10-20(31-32)14-5-3-4-13(8-14)16-9-15(33)6-7-19(16)27/h3-12,33H,2H2,1H3,(H2,28,29,30,35). The van der Waals surface area contributed by atoms with Crippen LogP contribution in [0.1, 0.15) is 6.92 Å². The number of pyridine rings is 1. The van der Waals surface area contributed by atoms with Crippen LogP contribution in [0.2, 0.25) is 10.0 Å². The van der Waals surface area contributed by atoms with Gasteiger partial charge < -0.3 is 15.7 Å². The molecule has 0 spiro atoms. The maximum Gasteiger partial charge on any atom is 0.323 e. The minimum atomic E-state index is -0.743. The maximum absolute atomic E-state index is 14.4. The van der Waals surface area contributed by atoms with Crippen LogP contribution in [-0.4, -0.2) is 25.9 Å². The van der Waals surface area contributed by atoms with Gasteiger partial charge in [0.1, 0.15) is 17.3 Å². The van der Waals surface area contributed by atoms with E-state index in [1.807, 2.05) is 0 Å². The van der Waals surface area contributed by atoms with Crippen LogP contribution >= 0.6 is 23.2 Å². The Morgan fingerprint density at radius 3 is 2.49 bits per heavy atom. The van der Waals surface area contributed by atoms with Crippen LogP contribution in [0.4, 0.5) is 20.6 Å². The lowest BCUT2D eigenvalue weighted by atomic mass is 10.0. The molecule has 0 aliphatic rings. The number of amides is 2. The highest BCUT2D eigenvalue weighted by molar-refractivity contribution is 6.39. The first-order valence-corrected chi connectivity index (χ1v) is 11.1. The molecule has 0 aliphatic heterocycles. The third-order valence-corrected chi connectivity index (χ3v) is 5.61. The van der Waals surface area contributed by atoms with Crippen LogP contribution in [0.25, 0.3) is 22.4 Å². The summed E-state index contributed by atoms with van der Waals surface area (Å²) >= 11 is 12.1. The highest BCUT2D eigenvalue weighted by atomic mass is 35.5. The lowest BCUT2D eigenvalue weighted by Gasteiger charge is -2.13. The molecule has 2 amide bonds. The monoisotopic (exact) mass is 513 g/mol. The van der Waals surface area contributed by atoms with Crippen molar-refractivity contribution in [3.05, 3.63) is 87.1 Å². The van der Waals surface area contributed by atoms with E-state index in [2.05, 4.69) is 20.7 Å². The molecular formula is C24H18Cl2FN5O3. The van der Waals surface area contributed by atoms with Gasteiger partial charge in [-0.15, -0.1) is 0 Å². The smallest absolute Gasteiger partial charge is 0.323 e. The van der Waals surface area contributed by atoms with Gasteiger partial charge in [0.05, 0.1) is 21.4 Å². The summed E-state index contributed by atoms with van der Waals surface area (Å²) in [6.45, 7) is 1.98. The molecule has 0 aliphatic carbocycles. The Labute approximate surface area is 209 Å². The van der Waals surface area contributed by atoms with Crippen molar-refractivity contribution in [2.75, 3.05) is 10.6 Å². The van der Waals surface area contributed by atoms with Gasteiger partial charge in [-0.05, 0) is 42.8 Å². The average Bonchev–Trinajstić information content (AvgIpc) is 2.84. The lowest BCUT2D eigenvalue weighted by Crippen LogP contribution is -2.29. The number of carbonyl (C=O) groups excluding carboxylic acids is 1. The van der Waals surface area contributed by atoms with Crippen molar-refractivity contribution in [3.63, 3.8) is 0 Å². The van der Waals surface area contributed by atoms with Gasteiger partial charge in [0.25, 0.3) is 5.56 Å². The zero-order valence-electron chi connectivity index (χ0n) is 18.2. The summed E-state index contributed by atoms with van der Waals surface area (Å²) in [6.07, 6.45) is 2.64. The Hall–Kier alpha value is -3.95. The van der Waals surface area contributed by atoms with Crippen molar-refractivity contribution in [1.82, 2.24) is 14.8 Å². The predicted octanol–water partition coefficient (Wildman–Crippen LogP) is 5.79. The van der Waals surface area contributed by atoms with Gasteiger partial charge in [-0.2, -0.15) is 5.10 Å². The molecule has 0 unspecified atom stereocenters. The topological polar surface area (TPSA) is 109 Å². The number of hydrogen-bond acceptors (Lipinski definition) is 5. The first kappa shape index (κ1) is 24.2. The Balaban J connectivity index is 1.70. The number of rotatable bonds is 5. The van der Waals surface area contributed by atoms with E-state index < -0.39 is 17.4 Å². The van der Waals surface area contributed by atoms with Gasteiger partial charge in [0, 0.05) is 30.1 Å². The molecular weight excluding hydrogens is 496 g/mol. The van der Waals surface area contributed by atoms with E-state index >= 15 is 0 Å². The fraction of sp³-hybridized carbons (Fsp3) is 0.0833. The number of aromatic hydroxyl groups is 1. The van der Waals surface area contributed by atoms with Crippen molar-refractivity contribution in [2.24, 2.45) is 0 Å². The van der Waals surface area contributed by atoms with Crippen molar-refractivity contribution < 1.29 is 14.3 Å². The zero-order valence-corrected chi connectivity index (χ0v) is 19.7. The van der Waals surface area contributed by atoms with Crippen LogP contribution in [0.3, 0.4) is 0 Å². The molecule has 35 heavy (non-hydrogen) atoms. The number of halogens is 3. The zero-order chi connectivity index (χ0) is 25.1. The fourth-order valence-corrected chi connectivity index (χ4v) is 3.82. The summed E-state index contributed by atoms with van der Waals surface area (Å²) in [5.41, 5.74) is 1.23. The lowest BCUT2D eigenvalue weighted by molar-refractivity contribution is 0.262. The van der Waals surface area contributed by atoms with E-state index in [4.69, 9.17) is 23.2 Å². The van der Waals surface area contributed by atoms with E-state index in [9.17, 15) is 19.1 Å². The fourth-order valence-electron chi connectivity index (χ4n) is 3.37. The average molecular weight is 514 g/mol. The molecule has 0 saturated carbocycles. The van der Waals surface area contributed by atoms with E-state index in [1.165, 1.54) is 41.3 Å². The second kappa shape index (κ2) is 10.1. The Bertz CT molecular complexity index is 1470. The van der Waals surface area contributed by atoms with Crippen LogP contribution < -0.4 is 16.2 Å². The van der Waals surface area contributed by atoms with Gasteiger partial charge in [-0.25, -0.2) is 13.9 Å². The van der Waals surface area contributed by atoms with Gasteiger partial charge >= 0.3 is 6.03 Å². The van der Waals surface area contributed by atoms with Crippen LogP contribution in [0.5, 0.6) is 5.75 Å². The normalized spacial score (nSPS) is 10.7. The van der Waals surface area contributed by atoms with Crippen molar-refractivity contribution in [3.8, 4) is 28.1 Å². The molecule has 4 rings (SSSR count). The quantitative estimate of drug-likeness (QED) is 0.313. The van der Waals surface area contributed by atoms with Crippen LogP contribution in [0, 0.1) is 5.82 Å². The number of benzene rings is 2. The molecule has 0 radical (unpaired) electrons. The summed E-state index contributed by atoms with van der Waals surface area (Å²) in [5.74, 6) is -0.574. The Morgan fingerprint density at radius 1 is 1.06 bits per heavy atom. The van der Waals surface area contributed by atoms with E-state index in [0.29, 0.717) is 16.8 Å². The van der Waals surface area contributed by atoms with E-state index in [1.54, 1.807) is 31.2 Å².